The van der Waals surface area contributed by atoms with Crippen molar-refractivity contribution in [3.8, 4) is 11.5 Å². The van der Waals surface area contributed by atoms with Crippen LogP contribution in [0.5, 0.6) is 11.5 Å². The fraction of sp³-hybridized carbons (Fsp3) is 0.409. The summed E-state index contributed by atoms with van der Waals surface area (Å²) in [4.78, 5) is 15.1. The van der Waals surface area contributed by atoms with Gasteiger partial charge in [-0.25, -0.2) is 0 Å². The number of hydrogen-bond acceptors (Lipinski definition) is 4. The first-order valence-electron chi connectivity index (χ1n) is 9.49. The largest absolute Gasteiger partial charge is 0.493 e. The number of benzene rings is 2. The molecule has 0 fully saturated rings. The van der Waals surface area contributed by atoms with Crippen molar-refractivity contribution in [3.63, 3.8) is 0 Å². The van der Waals surface area contributed by atoms with Crippen molar-refractivity contribution in [2.45, 2.75) is 52.4 Å². The minimum Gasteiger partial charge on any atom is -0.493 e. The van der Waals surface area contributed by atoms with Gasteiger partial charge in [0.05, 0.1) is 18.8 Å². The Morgan fingerprint density at radius 3 is 2.52 bits per heavy atom. The molecule has 0 saturated carbocycles. The highest BCUT2D eigenvalue weighted by molar-refractivity contribution is 6.01. The summed E-state index contributed by atoms with van der Waals surface area (Å²) in [6.45, 7) is 8.14. The zero-order valence-corrected chi connectivity index (χ0v) is 16.7. The summed E-state index contributed by atoms with van der Waals surface area (Å²) in [5.41, 5.74) is 2.53. The number of para-hydroxylation sites is 1. The van der Waals surface area contributed by atoms with E-state index in [0.29, 0.717) is 17.1 Å². The molecule has 1 heterocycles. The molecule has 0 radical (unpaired) electrons. The third-order valence-corrected chi connectivity index (χ3v) is 4.89. The quantitative estimate of drug-likeness (QED) is 0.792. The van der Waals surface area contributed by atoms with E-state index in [1.165, 1.54) is 0 Å². The Hall–Kier alpha value is -2.69. The molecule has 0 aliphatic carbocycles. The Morgan fingerprint density at radius 1 is 1.11 bits per heavy atom. The van der Waals surface area contributed by atoms with Crippen molar-refractivity contribution in [1.29, 1.82) is 0 Å². The minimum atomic E-state index is -0.260. The average Bonchev–Trinajstić information content (AvgIpc) is 2.67. The molecule has 0 aromatic heterocycles. The second kappa shape index (κ2) is 7.91. The lowest BCUT2D eigenvalue weighted by molar-refractivity contribution is 0.0593. The highest BCUT2D eigenvalue weighted by atomic mass is 16.5. The summed E-state index contributed by atoms with van der Waals surface area (Å²) in [5.74, 6) is 1.41. The molecule has 27 heavy (non-hydrogen) atoms. The lowest BCUT2D eigenvalue weighted by atomic mass is 10.0. The van der Waals surface area contributed by atoms with Gasteiger partial charge < -0.3 is 19.7 Å². The van der Waals surface area contributed by atoms with Crippen molar-refractivity contribution >= 4 is 11.6 Å². The van der Waals surface area contributed by atoms with E-state index >= 15 is 0 Å². The van der Waals surface area contributed by atoms with Crippen LogP contribution in [0.1, 0.15) is 56.2 Å². The zero-order chi connectivity index (χ0) is 19.6. The molecule has 0 saturated heterocycles. The van der Waals surface area contributed by atoms with Gasteiger partial charge in [0.25, 0.3) is 5.91 Å². The summed E-state index contributed by atoms with van der Waals surface area (Å²) in [6, 6.07) is 13.6. The topological polar surface area (TPSA) is 50.8 Å². The monoisotopic (exact) mass is 368 g/mol. The first-order chi connectivity index (χ1) is 13.0. The van der Waals surface area contributed by atoms with Gasteiger partial charge in [0, 0.05) is 11.7 Å². The molecule has 1 N–H and O–H groups in total. The minimum absolute atomic E-state index is 0.0465. The lowest BCUT2D eigenvalue weighted by Crippen LogP contribution is -2.47. The molecule has 0 spiro atoms. The first-order valence-corrected chi connectivity index (χ1v) is 9.49. The van der Waals surface area contributed by atoms with Crippen LogP contribution < -0.4 is 14.8 Å². The van der Waals surface area contributed by atoms with Crippen LogP contribution in [0.25, 0.3) is 0 Å². The highest BCUT2D eigenvalue weighted by Crippen LogP contribution is 2.38. The number of nitrogens with one attached hydrogen (secondary N) is 1. The average molecular weight is 368 g/mol. The number of amides is 1. The van der Waals surface area contributed by atoms with E-state index in [1.807, 2.05) is 61.2 Å². The van der Waals surface area contributed by atoms with Gasteiger partial charge in [-0.3, -0.25) is 4.79 Å². The number of fused-ring (bicyclic) bond motifs is 1. The van der Waals surface area contributed by atoms with Crippen LogP contribution in [0.15, 0.2) is 42.5 Å². The van der Waals surface area contributed by atoms with Gasteiger partial charge in [-0.2, -0.15) is 0 Å². The Bertz CT molecular complexity index is 819. The number of rotatable bonds is 6. The Morgan fingerprint density at radius 2 is 1.85 bits per heavy atom. The highest BCUT2D eigenvalue weighted by Gasteiger charge is 2.35. The molecule has 2 aromatic rings. The van der Waals surface area contributed by atoms with Crippen LogP contribution in [0.2, 0.25) is 0 Å². The number of carbonyl (C=O) groups is 1. The summed E-state index contributed by atoms with van der Waals surface area (Å²) < 4.78 is 11.4. The molecule has 5 nitrogen and oxygen atoms in total. The smallest absolute Gasteiger partial charge is 0.258 e. The van der Waals surface area contributed by atoms with Crippen molar-refractivity contribution in [2.75, 3.05) is 12.4 Å². The van der Waals surface area contributed by atoms with Gasteiger partial charge >= 0.3 is 0 Å². The standard InChI is InChI=1S/C22H28N2O3/c1-6-15(4)24-21(23-18-10-8-7-9-17(18)22(24)25)16-11-12-19(27-14(2)3)20(13-16)26-5/h7-15,21,23H,6H2,1-5H3/t15-,21+/m0/s1. The second-order valence-electron chi connectivity index (χ2n) is 7.14. The van der Waals surface area contributed by atoms with E-state index in [-0.39, 0.29) is 24.2 Å². The van der Waals surface area contributed by atoms with Gasteiger partial charge in [0.1, 0.15) is 6.17 Å². The van der Waals surface area contributed by atoms with Gasteiger partial charge in [-0.1, -0.05) is 25.1 Å². The summed E-state index contributed by atoms with van der Waals surface area (Å²) in [6.07, 6.45) is 0.671. The number of methoxy groups -OCH3 is 1. The molecule has 3 rings (SSSR count). The maximum atomic E-state index is 13.2. The molecular weight excluding hydrogens is 340 g/mol. The van der Waals surface area contributed by atoms with E-state index in [9.17, 15) is 4.79 Å². The molecule has 0 bridgehead atoms. The SMILES string of the molecule is CC[C@H](C)N1C(=O)c2ccccc2N[C@H]1c1ccc(OC(C)C)c(OC)c1. The normalized spacial score (nSPS) is 17.3. The molecule has 1 aliphatic heterocycles. The van der Waals surface area contributed by atoms with Gasteiger partial charge in [0.15, 0.2) is 11.5 Å². The van der Waals surface area contributed by atoms with Gasteiger partial charge in [0.2, 0.25) is 0 Å². The summed E-state index contributed by atoms with van der Waals surface area (Å²) in [5, 5.41) is 3.53. The van der Waals surface area contributed by atoms with E-state index in [2.05, 4.69) is 19.2 Å². The Balaban J connectivity index is 2.04. The van der Waals surface area contributed by atoms with Crippen molar-refractivity contribution in [1.82, 2.24) is 4.90 Å². The van der Waals surface area contributed by atoms with Crippen LogP contribution in [-0.2, 0) is 0 Å². The van der Waals surface area contributed by atoms with Gasteiger partial charge in [-0.15, -0.1) is 0 Å². The van der Waals surface area contributed by atoms with E-state index in [0.717, 1.165) is 17.7 Å². The fourth-order valence-corrected chi connectivity index (χ4v) is 3.37. The maximum absolute atomic E-state index is 13.2. The third-order valence-electron chi connectivity index (χ3n) is 4.89. The van der Waals surface area contributed by atoms with Crippen molar-refractivity contribution < 1.29 is 14.3 Å². The van der Waals surface area contributed by atoms with Gasteiger partial charge in [-0.05, 0) is 57.0 Å². The van der Waals surface area contributed by atoms with Crippen molar-refractivity contribution in [2.24, 2.45) is 0 Å². The predicted octanol–water partition coefficient (Wildman–Crippen LogP) is 4.85. The predicted molar refractivity (Wildman–Crippen MR) is 107 cm³/mol. The number of nitrogens with zero attached hydrogens (tertiary/aromatic N) is 1. The third kappa shape index (κ3) is 3.72. The second-order valence-corrected chi connectivity index (χ2v) is 7.14. The van der Waals surface area contributed by atoms with Crippen LogP contribution in [0.3, 0.4) is 0 Å². The van der Waals surface area contributed by atoms with Crippen LogP contribution >= 0.6 is 0 Å². The molecule has 0 unspecified atom stereocenters. The molecule has 1 amide bonds. The lowest BCUT2D eigenvalue weighted by Gasteiger charge is -2.41. The Labute approximate surface area is 161 Å². The molecular formula is C22H28N2O3. The molecule has 144 valence electrons. The van der Waals surface area contributed by atoms with Crippen LogP contribution in [-0.4, -0.2) is 30.1 Å². The Kier molecular flexibility index (Phi) is 5.59. The van der Waals surface area contributed by atoms with E-state index in [4.69, 9.17) is 9.47 Å². The fourth-order valence-electron chi connectivity index (χ4n) is 3.37. The van der Waals surface area contributed by atoms with Crippen LogP contribution in [0, 0.1) is 0 Å². The maximum Gasteiger partial charge on any atom is 0.258 e. The summed E-state index contributed by atoms with van der Waals surface area (Å²) >= 11 is 0. The zero-order valence-electron chi connectivity index (χ0n) is 16.7. The first kappa shape index (κ1) is 19.1. The molecule has 1 aliphatic rings. The number of ether oxygens (including phenoxy) is 2. The molecule has 5 heteroatoms. The number of hydrogen-bond donors (Lipinski definition) is 1. The molecule has 2 atom stereocenters. The van der Waals surface area contributed by atoms with Crippen LogP contribution in [0.4, 0.5) is 5.69 Å². The van der Waals surface area contributed by atoms with E-state index < -0.39 is 0 Å². The number of carbonyl (C=O) groups excluding carboxylic acids is 1. The molecule has 2 aromatic carbocycles. The number of anilines is 1. The summed E-state index contributed by atoms with van der Waals surface area (Å²) in [7, 11) is 1.63. The van der Waals surface area contributed by atoms with E-state index in [1.54, 1.807) is 7.11 Å². The van der Waals surface area contributed by atoms with Crippen molar-refractivity contribution in [3.05, 3.63) is 53.6 Å².